The molecule has 2 fully saturated rings. The van der Waals surface area contributed by atoms with Crippen LogP contribution in [0.2, 0.25) is 0 Å². The fourth-order valence-electron chi connectivity index (χ4n) is 3.00. The van der Waals surface area contributed by atoms with Crippen LogP contribution >= 0.6 is 0 Å². The monoisotopic (exact) mass is 285 g/mol. The van der Waals surface area contributed by atoms with Crippen LogP contribution in [-0.2, 0) is 9.53 Å². The molecule has 2 rings (SSSR count). The zero-order chi connectivity index (χ0) is 15.4. The second-order valence-corrected chi connectivity index (χ2v) is 7.31. The van der Waals surface area contributed by atoms with Gasteiger partial charge in [-0.1, -0.05) is 19.8 Å². The number of hydrogen-bond donors (Lipinski definition) is 2. The summed E-state index contributed by atoms with van der Waals surface area (Å²) in [5.41, 5.74) is -0.564. The molecule has 0 aromatic rings. The lowest BCUT2D eigenvalue weighted by atomic mass is 9.74. The quantitative estimate of drug-likeness (QED) is 0.765. The summed E-state index contributed by atoms with van der Waals surface area (Å²) in [5.74, 6) is -0.0995. The molecule has 4 nitrogen and oxygen atoms in total. The van der Waals surface area contributed by atoms with E-state index in [1.165, 1.54) is 32.8 Å². The minimum Gasteiger partial charge on any atom is -0.469 e. The Morgan fingerprint density at radius 3 is 2.05 bits per heavy atom. The van der Waals surface area contributed by atoms with E-state index in [4.69, 9.17) is 0 Å². The Morgan fingerprint density at radius 1 is 1.20 bits per heavy atom. The van der Waals surface area contributed by atoms with Gasteiger partial charge in [0, 0.05) is 6.54 Å². The van der Waals surface area contributed by atoms with Crippen molar-refractivity contribution in [3.05, 3.63) is 0 Å². The molecule has 0 spiro atoms. The summed E-state index contributed by atoms with van der Waals surface area (Å²) in [7, 11) is 1.44. The molecule has 1 heterocycles. The zero-order valence-corrected chi connectivity index (χ0v) is 13.7. The lowest BCUT2D eigenvalue weighted by Crippen LogP contribution is -2.38. The van der Waals surface area contributed by atoms with Crippen LogP contribution in [0.25, 0.3) is 0 Å². The normalized spacial score (nSPS) is 28.7. The predicted molar refractivity (Wildman–Crippen MR) is 80.5 cm³/mol. The number of aliphatic hydroxyl groups is 1. The van der Waals surface area contributed by atoms with Crippen molar-refractivity contribution in [2.45, 2.75) is 65.4 Å². The molecule has 0 amide bonds. The maximum absolute atomic E-state index is 11.1. The molecule has 0 aromatic heterocycles. The first-order valence-electron chi connectivity index (χ1n) is 7.66. The number of nitrogens with one attached hydrogen (secondary N) is 1. The van der Waals surface area contributed by atoms with E-state index in [0.717, 1.165) is 19.5 Å². The van der Waals surface area contributed by atoms with Crippen LogP contribution < -0.4 is 5.32 Å². The Morgan fingerprint density at radius 2 is 1.75 bits per heavy atom. The van der Waals surface area contributed by atoms with E-state index in [1.807, 2.05) is 20.8 Å². The predicted octanol–water partition coefficient (Wildman–Crippen LogP) is 2.50. The van der Waals surface area contributed by atoms with E-state index in [1.54, 1.807) is 0 Å². The summed E-state index contributed by atoms with van der Waals surface area (Å²) in [6, 6.07) is 0. The van der Waals surface area contributed by atoms with Gasteiger partial charge in [-0.15, -0.1) is 0 Å². The first-order valence-corrected chi connectivity index (χ1v) is 7.66. The van der Waals surface area contributed by atoms with Gasteiger partial charge < -0.3 is 15.2 Å². The summed E-state index contributed by atoms with van der Waals surface area (Å²) in [6.07, 6.45) is 5.85. The standard InChI is InChI=1S/C9H18O.C7H13NO2/c1-8(2,10)9(3)6-4-5-7-9;1-7(6(9)10-2)3-4-8-5-7/h10H,4-7H2,1-3H3;8H,3-5H2,1-2H3. The van der Waals surface area contributed by atoms with Crippen molar-refractivity contribution in [3.63, 3.8) is 0 Å². The molecule has 2 aliphatic rings. The largest absolute Gasteiger partial charge is 0.469 e. The number of carbonyl (C=O) groups is 1. The van der Waals surface area contributed by atoms with Crippen LogP contribution in [0, 0.1) is 10.8 Å². The molecule has 1 atom stereocenters. The molecule has 2 N–H and O–H groups in total. The Labute approximate surface area is 123 Å². The highest BCUT2D eigenvalue weighted by Crippen LogP contribution is 2.45. The number of esters is 1. The summed E-state index contributed by atoms with van der Waals surface area (Å²) in [6.45, 7) is 9.65. The molecule has 1 aliphatic heterocycles. The molecule has 0 aromatic carbocycles. The first-order chi connectivity index (χ1) is 9.15. The maximum atomic E-state index is 11.1. The average Bonchev–Trinajstić information content (AvgIpc) is 2.99. The molecule has 4 heteroatoms. The third kappa shape index (κ3) is 3.95. The Hall–Kier alpha value is -0.610. The zero-order valence-electron chi connectivity index (χ0n) is 13.7. The van der Waals surface area contributed by atoms with Crippen LogP contribution in [0.3, 0.4) is 0 Å². The van der Waals surface area contributed by atoms with Gasteiger partial charge in [0.05, 0.1) is 18.1 Å². The lowest BCUT2D eigenvalue weighted by Gasteiger charge is -2.36. The number of rotatable bonds is 2. The molecule has 0 radical (unpaired) electrons. The summed E-state index contributed by atoms with van der Waals surface area (Å²) >= 11 is 0. The molecule has 1 saturated carbocycles. The van der Waals surface area contributed by atoms with Crippen molar-refractivity contribution in [1.29, 1.82) is 0 Å². The fourth-order valence-corrected chi connectivity index (χ4v) is 3.00. The molecule has 1 aliphatic carbocycles. The van der Waals surface area contributed by atoms with Crippen LogP contribution in [0.4, 0.5) is 0 Å². The molecule has 20 heavy (non-hydrogen) atoms. The highest BCUT2D eigenvalue weighted by molar-refractivity contribution is 5.76. The highest BCUT2D eigenvalue weighted by atomic mass is 16.5. The van der Waals surface area contributed by atoms with E-state index in [2.05, 4.69) is 17.0 Å². The summed E-state index contributed by atoms with van der Waals surface area (Å²) in [4.78, 5) is 11.1. The van der Waals surface area contributed by atoms with Gasteiger partial charge in [-0.2, -0.15) is 0 Å². The topological polar surface area (TPSA) is 58.6 Å². The molecule has 1 saturated heterocycles. The third-order valence-corrected chi connectivity index (χ3v) is 5.23. The van der Waals surface area contributed by atoms with Crippen molar-refractivity contribution >= 4 is 5.97 Å². The fraction of sp³-hybridized carbons (Fsp3) is 0.938. The van der Waals surface area contributed by atoms with Gasteiger partial charge in [0.1, 0.15) is 0 Å². The summed E-state index contributed by atoms with van der Waals surface area (Å²) < 4.78 is 4.66. The Balaban J connectivity index is 0.000000200. The average molecular weight is 285 g/mol. The van der Waals surface area contributed by atoms with Crippen LogP contribution in [0.1, 0.15) is 59.8 Å². The molecule has 118 valence electrons. The van der Waals surface area contributed by atoms with Crippen molar-refractivity contribution in [3.8, 4) is 0 Å². The first kappa shape index (κ1) is 17.4. The van der Waals surface area contributed by atoms with Gasteiger partial charge in [0.2, 0.25) is 0 Å². The van der Waals surface area contributed by atoms with E-state index < -0.39 is 5.60 Å². The van der Waals surface area contributed by atoms with E-state index in [-0.39, 0.29) is 16.8 Å². The molecular formula is C16H31NO3. The lowest BCUT2D eigenvalue weighted by molar-refractivity contribution is -0.150. The van der Waals surface area contributed by atoms with E-state index in [9.17, 15) is 9.90 Å². The van der Waals surface area contributed by atoms with Gasteiger partial charge >= 0.3 is 5.97 Å². The number of hydrogen-bond acceptors (Lipinski definition) is 4. The highest BCUT2D eigenvalue weighted by Gasteiger charge is 2.41. The van der Waals surface area contributed by atoms with Gasteiger partial charge in [0.25, 0.3) is 0 Å². The van der Waals surface area contributed by atoms with Crippen molar-refractivity contribution in [2.24, 2.45) is 10.8 Å². The molecular weight excluding hydrogens is 254 g/mol. The number of methoxy groups -OCH3 is 1. The summed E-state index contributed by atoms with van der Waals surface area (Å²) in [5, 5.41) is 12.9. The molecule has 0 bridgehead atoms. The third-order valence-electron chi connectivity index (χ3n) is 5.23. The SMILES string of the molecule is CC(C)(O)C1(C)CCCC1.COC(=O)C1(C)CCNC1. The second kappa shape index (κ2) is 6.44. The van der Waals surface area contributed by atoms with Crippen LogP contribution in [-0.4, -0.2) is 36.9 Å². The van der Waals surface area contributed by atoms with Gasteiger partial charge in [0.15, 0.2) is 0 Å². The van der Waals surface area contributed by atoms with Crippen LogP contribution in [0.15, 0.2) is 0 Å². The van der Waals surface area contributed by atoms with Gasteiger partial charge in [-0.05, 0) is 52.0 Å². The minimum absolute atomic E-state index is 0.0995. The number of ether oxygens (including phenoxy) is 1. The van der Waals surface area contributed by atoms with Crippen molar-refractivity contribution in [2.75, 3.05) is 20.2 Å². The van der Waals surface area contributed by atoms with E-state index >= 15 is 0 Å². The molecule has 1 unspecified atom stereocenters. The van der Waals surface area contributed by atoms with Crippen molar-refractivity contribution in [1.82, 2.24) is 5.32 Å². The van der Waals surface area contributed by atoms with Gasteiger partial charge in [-0.25, -0.2) is 0 Å². The van der Waals surface area contributed by atoms with E-state index in [0.29, 0.717) is 0 Å². The van der Waals surface area contributed by atoms with Crippen molar-refractivity contribution < 1.29 is 14.6 Å². The van der Waals surface area contributed by atoms with Gasteiger partial charge in [-0.3, -0.25) is 4.79 Å². The Bertz CT molecular complexity index is 321. The Kier molecular flexibility index (Phi) is 5.61. The smallest absolute Gasteiger partial charge is 0.312 e. The minimum atomic E-state index is -0.483. The van der Waals surface area contributed by atoms with Crippen LogP contribution in [0.5, 0.6) is 0 Å². The number of carbonyl (C=O) groups excluding carboxylic acids is 1. The second-order valence-electron chi connectivity index (χ2n) is 7.31. The maximum Gasteiger partial charge on any atom is 0.312 e.